The number of hydrogen-bond acceptors (Lipinski definition) is 5. The van der Waals surface area contributed by atoms with Gasteiger partial charge in [-0.1, -0.05) is 49.6 Å². The average Bonchev–Trinajstić information content (AvgIpc) is 3.26. The molecule has 6 nitrogen and oxygen atoms in total. The van der Waals surface area contributed by atoms with Crippen LogP contribution >= 0.6 is 11.3 Å². The number of carbonyl (C=O) groups is 1. The van der Waals surface area contributed by atoms with Gasteiger partial charge in [-0.2, -0.15) is 13.2 Å². The van der Waals surface area contributed by atoms with Crippen LogP contribution < -0.4 is 10.0 Å². The second-order valence-corrected chi connectivity index (χ2v) is 12.0. The van der Waals surface area contributed by atoms with Crippen LogP contribution in [0.2, 0.25) is 0 Å². The normalized spacial score (nSPS) is 17.8. The van der Waals surface area contributed by atoms with Gasteiger partial charge in [0.1, 0.15) is 23.7 Å². The standard InChI is InChI=1S/C26H28F4N4O2S2/c27-17-13-34(14-17)11-10-31-24(35)25-33-21(12-16-4-3-5-16)23(37-25)20-8-9-22(19-7-2-1-6-18(19)20)38(36)32-15-26(28,29)30/h1-2,6-9,16-17,32H,3-5,10-15H2,(H,31,35). The predicted octanol–water partition coefficient (Wildman–Crippen LogP) is 4.86. The van der Waals surface area contributed by atoms with Crippen molar-refractivity contribution in [1.29, 1.82) is 0 Å². The lowest BCUT2D eigenvalue weighted by Gasteiger charge is -2.34. The summed E-state index contributed by atoms with van der Waals surface area (Å²) in [6.07, 6.45) is -1.16. The van der Waals surface area contributed by atoms with Crippen LogP contribution in [-0.2, 0) is 17.4 Å². The van der Waals surface area contributed by atoms with Crippen LogP contribution in [0.1, 0.15) is 34.8 Å². The van der Waals surface area contributed by atoms with E-state index in [4.69, 9.17) is 4.98 Å². The van der Waals surface area contributed by atoms with E-state index in [1.165, 1.54) is 17.8 Å². The van der Waals surface area contributed by atoms with Crippen molar-refractivity contribution < 1.29 is 26.6 Å². The third-order valence-corrected chi connectivity index (χ3v) is 9.25. The Morgan fingerprint density at radius 2 is 1.87 bits per heavy atom. The Balaban J connectivity index is 1.43. The van der Waals surface area contributed by atoms with Gasteiger partial charge in [0, 0.05) is 31.7 Å². The molecule has 12 heteroatoms. The van der Waals surface area contributed by atoms with Crippen LogP contribution in [0.4, 0.5) is 17.6 Å². The average molecular weight is 569 g/mol. The van der Waals surface area contributed by atoms with Gasteiger partial charge in [0.25, 0.3) is 5.91 Å². The Labute approximate surface area is 224 Å². The summed E-state index contributed by atoms with van der Waals surface area (Å²) in [6, 6.07) is 10.5. The number of likely N-dealkylation sites (tertiary alicyclic amines) is 1. The number of aromatic nitrogens is 1. The largest absolute Gasteiger partial charge is 0.402 e. The van der Waals surface area contributed by atoms with Crippen LogP contribution in [-0.4, -0.2) is 65.1 Å². The fourth-order valence-electron chi connectivity index (χ4n) is 4.72. The highest BCUT2D eigenvalue weighted by Gasteiger charge is 2.29. The molecule has 3 aromatic rings. The van der Waals surface area contributed by atoms with Crippen LogP contribution in [0.3, 0.4) is 0 Å². The van der Waals surface area contributed by atoms with E-state index < -0.39 is 29.9 Å². The molecule has 1 unspecified atom stereocenters. The van der Waals surface area contributed by atoms with Gasteiger partial charge >= 0.3 is 6.18 Å². The molecular weight excluding hydrogens is 540 g/mol. The number of nitrogens with zero attached hydrogens (tertiary/aromatic N) is 2. The van der Waals surface area contributed by atoms with Gasteiger partial charge < -0.3 is 5.32 Å². The second kappa shape index (κ2) is 11.4. The van der Waals surface area contributed by atoms with E-state index in [1.807, 2.05) is 17.0 Å². The van der Waals surface area contributed by atoms with E-state index in [-0.39, 0.29) is 10.8 Å². The summed E-state index contributed by atoms with van der Waals surface area (Å²) >= 11 is 1.28. The minimum atomic E-state index is -4.48. The zero-order chi connectivity index (χ0) is 26.9. The highest BCUT2D eigenvalue weighted by atomic mass is 32.2. The minimum Gasteiger partial charge on any atom is -0.349 e. The van der Waals surface area contributed by atoms with Crippen molar-refractivity contribution in [2.24, 2.45) is 5.92 Å². The molecule has 0 spiro atoms. The molecule has 1 aromatic heterocycles. The first kappa shape index (κ1) is 27.2. The fourth-order valence-corrected chi connectivity index (χ4v) is 6.79. The molecule has 1 aliphatic carbocycles. The highest BCUT2D eigenvalue weighted by Crippen LogP contribution is 2.40. The van der Waals surface area contributed by atoms with Crippen LogP contribution in [0.5, 0.6) is 0 Å². The van der Waals surface area contributed by atoms with Gasteiger partial charge in [-0.3, -0.25) is 9.69 Å². The van der Waals surface area contributed by atoms with E-state index >= 15 is 0 Å². The molecule has 1 saturated heterocycles. The smallest absolute Gasteiger partial charge is 0.349 e. The van der Waals surface area contributed by atoms with E-state index in [0.29, 0.717) is 42.5 Å². The molecule has 1 saturated carbocycles. The maximum Gasteiger partial charge on any atom is 0.402 e. The molecule has 2 heterocycles. The zero-order valence-electron chi connectivity index (χ0n) is 20.5. The van der Waals surface area contributed by atoms with Gasteiger partial charge in [-0.15, -0.1) is 11.3 Å². The number of benzene rings is 2. The fraction of sp³-hybridized carbons (Fsp3) is 0.462. The molecule has 2 aliphatic rings. The van der Waals surface area contributed by atoms with E-state index in [1.54, 1.807) is 24.3 Å². The quantitative estimate of drug-likeness (QED) is 0.343. The second-order valence-electron chi connectivity index (χ2n) is 9.77. The monoisotopic (exact) mass is 568 g/mol. The number of fused-ring (bicyclic) bond motifs is 1. The summed E-state index contributed by atoms with van der Waals surface area (Å²) in [4.78, 5) is 20.7. The molecule has 2 fully saturated rings. The summed E-state index contributed by atoms with van der Waals surface area (Å²) in [5, 5.41) is 4.53. The number of amides is 1. The molecule has 1 aliphatic heterocycles. The number of hydrogen-bond donors (Lipinski definition) is 2. The Bertz CT molecular complexity index is 1340. The third-order valence-electron chi connectivity index (χ3n) is 6.96. The molecule has 204 valence electrons. The third kappa shape index (κ3) is 6.24. The number of carbonyl (C=O) groups excluding carboxylic acids is 1. The number of rotatable bonds is 10. The molecule has 38 heavy (non-hydrogen) atoms. The van der Waals surface area contributed by atoms with Gasteiger partial charge in [0.2, 0.25) is 0 Å². The SMILES string of the molecule is O=C(NCCN1CC(F)C1)c1nc(CC2CCC2)c(-c2ccc(S(=O)NCC(F)(F)F)c3ccccc23)s1. The Hall–Kier alpha value is -2.41. The topological polar surface area (TPSA) is 74.3 Å². The molecular formula is C26H28F4N4O2S2. The van der Waals surface area contributed by atoms with Crippen molar-refractivity contribution in [3.8, 4) is 10.4 Å². The van der Waals surface area contributed by atoms with E-state index in [2.05, 4.69) is 10.0 Å². The van der Waals surface area contributed by atoms with Crippen molar-refractivity contribution in [1.82, 2.24) is 19.9 Å². The van der Waals surface area contributed by atoms with Crippen molar-refractivity contribution >= 4 is 39.0 Å². The highest BCUT2D eigenvalue weighted by molar-refractivity contribution is 7.83. The van der Waals surface area contributed by atoms with Gasteiger partial charge in [0.05, 0.1) is 15.5 Å². The van der Waals surface area contributed by atoms with Gasteiger partial charge in [0.15, 0.2) is 5.01 Å². The summed E-state index contributed by atoms with van der Waals surface area (Å²) in [5.74, 6) is 0.211. The predicted molar refractivity (Wildman–Crippen MR) is 140 cm³/mol. The number of alkyl halides is 4. The van der Waals surface area contributed by atoms with Crippen LogP contribution in [0.25, 0.3) is 21.2 Å². The van der Waals surface area contributed by atoms with Crippen LogP contribution in [0.15, 0.2) is 41.3 Å². The van der Waals surface area contributed by atoms with Crippen molar-refractivity contribution in [2.45, 2.75) is 42.9 Å². The van der Waals surface area contributed by atoms with Gasteiger partial charge in [-0.05, 0) is 29.2 Å². The first-order valence-electron chi connectivity index (χ1n) is 12.6. The molecule has 2 aromatic carbocycles. The van der Waals surface area contributed by atoms with E-state index in [0.717, 1.165) is 40.8 Å². The zero-order valence-corrected chi connectivity index (χ0v) is 22.2. The summed E-state index contributed by atoms with van der Waals surface area (Å²) in [5.41, 5.74) is 1.62. The summed E-state index contributed by atoms with van der Waals surface area (Å²) in [6.45, 7) is 0.392. The first-order chi connectivity index (χ1) is 18.2. The Morgan fingerprint density at radius 3 is 2.53 bits per heavy atom. The maximum atomic E-state index is 13.0. The molecule has 2 N–H and O–H groups in total. The lowest BCUT2D eigenvalue weighted by atomic mass is 9.81. The molecule has 0 radical (unpaired) electrons. The molecule has 1 atom stereocenters. The van der Waals surface area contributed by atoms with Crippen molar-refractivity contribution in [2.75, 3.05) is 32.7 Å². The lowest BCUT2D eigenvalue weighted by Crippen LogP contribution is -2.50. The van der Waals surface area contributed by atoms with E-state index in [9.17, 15) is 26.6 Å². The number of halogens is 4. The Morgan fingerprint density at radius 1 is 1.13 bits per heavy atom. The number of thiazole rings is 1. The molecule has 5 rings (SSSR count). The van der Waals surface area contributed by atoms with Gasteiger partial charge in [-0.25, -0.2) is 18.3 Å². The lowest BCUT2D eigenvalue weighted by molar-refractivity contribution is -0.121. The summed E-state index contributed by atoms with van der Waals surface area (Å²) < 4.78 is 65.8. The minimum absolute atomic E-state index is 0.262. The first-order valence-corrected chi connectivity index (χ1v) is 14.5. The maximum absolute atomic E-state index is 13.0. The van der Waals surface area contributed by atoms with Crippen molar-refractivity contribution in [3.63, 3.8) is 0 Å². The molecule has 1 amide bonds. The van der Waals surface area contributed by atoms with Crippen LogP contribution in [0, 0.1) is 5.92 Å². The summed E-state index contributed by atoms with van der Waals surface area (Å²) in [7, 11) is -2.06. The molecule has 0 bridgehead atoms. The Kier molecular flexibility index (Phi) is 8.13. The number of nitrogens with one attached hydrogen (secondary N) is 2. The van der Waals surface area contributed by atoms with Crippen molar-refractivity contribution in [3.05, 3.63) is 47.1 Å².